The molecular formula is C7H11NO2S. The first-order valence-electron chi connectivity index (χ1n) is 3.46. The summed E-state index contributed by atoms with van der Waals surface area (Å²) in [6.07, 6.45) is 5.10. The summed E-state index contributed by atoms with van der Waals surface area (Å²) in [5.41, 5.74) is 0. The fourth-order valence-electron chi connectivity index (χ4n) is 1.06. The molecule has 0 aromatic heterocycles. The summed E-state index contributed by atoms with van der Waals surface area (Å²) in [4.78, 5) is 0. The maximum atomic E-state index is 10.7. The maximum Gasteiger partial charge on any atom is 0.153 e. The minimum absolute atomic E-state index is 0.0319. The molecule has 1 fully saturated rings. The molecule has 62 valence electrons. The van der Waals surface area contributed by atoms with Crippen molar-refractivity contribution in [3.8, 4) is 12.3 Å². The van der Waals surface area contributed by atoms with Gasteiger partial charge in [0, 0.05) is 6.04 Å². The van der Waals surface area contributed by atoms with Crippen molar-refractivity contribution in [1.29, 1.82) is 0 Å². The van der Waals surface area contributed by atoms with Crippen molar-refractivity contribution >= 4 is 9.84 Å². The summed E-state index contributed by atoms with van der Waals surface area (Å²) in [5.74, 6) is 2.96. The third-order valence-corrected chi connectivity index (χ3v) is 3.47. The molecule has 0 bridgehead atoms. The third-order valence-electron chi connectivity index (χ3n) is 1.65. The number of sulfone groups is 1. The van der Waals surface area contributed by atoms with Gasteiger partial charge in [0.05, 0.1) is 17.5 Å². The maximum absolute atomic E-state index is 10.7. The first-order chi connectivity index (χ1) is 5.03. The Kier molecular flexibility index (Phi) is 2.21. The van der Waals surface area contributed by atoms with Gasteiger partial charge >= 0.3 is 0 Å². The molecule has 0 aromatic carbocycles. The first-order valence-corrected chi connectivity index (χ1v) is 5.28. The van der Waals surface area contributed by atoms with E-state index in [9.17, 15) is 8.42 Å². The van der Waals surface area contributed by atoms with Gasteiger partial charge in [0.1, 0.15) is 0 Å². The first kappa shape index (κ1) is 8.57. The van der Waals surface area contributed by atoms with Crippen molar-refractivity contribution in [2.45, 2.75) is 19.0 Å². The summed E-state index contributed by atoms with van der Waals surface area (Å²) >= 11 is 0. The zero-order valence-electron chi connectivity index (χ0n) is 6.37. The average Bonchev–Trinajstić information content (AvgIpc) is 1.83. The van der Waals surface area contributed by atoms with E-state index in [0.717, 1.165) is 0 Å². The van der Waals surface area contributed by atoms with Gasteiger partial charge in [-0.25, -0.2) is 8.42 Å². The molecule has 0 saturated carbocycles. The Hall–Kier alpha value is -0.530. The monoisotopic (exact) mass is 173 g/mol. The lowest BCUT2D eigenvalue weighted by Gasteiger charge is -2.28. The minimum Gasteiger partial charge on any atom is -0.299 e. The Morgan fingerprint density at radius 2 is 2.18 bits per heavy atom. The fourth-order valence-corrected chi connectivity index (χ4v) is 2.38. The van der Waals surface area contributed by atoms with Crippen LogP contribution in [0, 0.1) is 12.3 Å². The highest BCUT2D eigenvalue weighted by atomic mass is 32.2. The van der Waals surface area contributed by atoms with Gasteiger partial charge in [0.15, 0.2) is 9.84 Å². The lowest BCUT2D eigenvalue weighted by atomic mass is 10.3. The van der Waals surface area contributed by atoms with Gasteiger partial charge in [0.2, 0.25) is 0 Å². The standard InChI is InChI=1S/C7H11NO2S/c1-3-6(2)8-7-4-11(9,10)5-7/h1,6-8H,4-5H2,2H3. The van der Waals surface area contributed by atoms with Gasteiger partial charge in [-0.15, -0.1) is 6.42 Å². The molecular weight excluding hydrogens is 162 g/mol. The van der Waals surface area contributed by atoms with Crippen molar-refractivity contribution in [1.82, 2.24) is 5.32 Å². The SMILES string of the molecule is C#CC(C)NC1CS(=O)(=O)C1. The van der Waals surface area contributed by atoms with Crippen LogP contribution in [0.3, 0.4) is 0 Å². The van der Waals surface area contributed by atoms with Crippen molar-refractivity contribution in [3.05, 3.63) is 0 Å². The topological polar surface area (TPSA) is 46.2 Å². The summed E-state index contributed by atoms with van der Waals surface area (Å²) in [7, 11) is -2.72. The van der Waals surface area contributed by atoms with Crippen LogP contribution in [0.5, 0.6) is 0 Å². The normalized spacial score (nSPS) is 25.1. The lowest BCUT2D eigenvalue weighted by molar-refractivity contribution is 0.499. The zero-order valence-corrected chi connectivity index (χ0v) is 7.19. The van der Waals surface area contributed by atoms with Crippen LogP contribution in [-0.4, -0.2) is 32.0 Å². The Morgan fingerprint density at radius 1 is 1.64 bits per heavy atom. The molecule has 11 heavy (non-hydrogen) atoms. The van der Waals surface area contributed by atoms with Crippen LogP contribution < -0.4 is 5.32 Å². The lowest BCUT2D eigenvalue weighted by Crippen LogP contribution is -2.53. The average molecular weight is 173 g/mol. The zero-order chi connectivity index (χ0) is 8.48. The Bertz CT molecular complexity index is 263. The van der Waals surface area contributed by atoms with Crippen molar-refractivity contribution in [3.63, 3.8) is 0 Å². The highest BCUT2D eigenvalue weighted by molar-refractivity contribution is 7.92. The molecule has 0 aliphatic carbocycles. The Labute approximate surface area is 67.1 Å². The van der Waals surface area contributed by atoms with E-state index in [2.05, 4.69) is 11.2 Å². The molecule has 0 spiro atoms. The Balaban J connectivity index is 2.31. The molecule has 1 rings (SSSR count). The molecule has 4 heteroatoms. The van der Waals surface area contributed by atoms with Crippen LogP contribution in [0.15, 0.2) is 0 Å². The van der Waals surface area contributed by atoms with E-state index in [1.807, 2.05) is 6.92 Å². The van der Waals surface area contributed by atoms with E-state index in [-0.39, 0.29) is 23.6 Å². The summed E-state index contributed by atoms with van der Waals surface area (Å²) in [6, 6.07) is 0.0431. The molecule has 1 aliphatic heterocycles. The quantitative estimate of drug-likeness (QED) is 0.567. The van der Waals surface area contributed by atoms with Crippen LogP contribution in [0.1, 0.15) is 6.92 Å². The van der Waals surface area contributed by atoms with Crippen molar-refractivity contribution in [2.75, 3.05) is 11.5 Å². The second kappa shape index (κ2) is 2.84. The molecule has 0 amide bonds. The smallest absolute Gasteiger partial charge is 0.153 e. The van der Waals surface area contributed by atoms with Crippen LogP contribution in [0.25, 0.3) is 0 Å². The van der Waals surface area contributed by atoms with E-state index in [0.29, 0.717) is 0 Å². The number of hydrogen-bond donors (Lipinski definition) is 1. The molecule has 1 unspecified atom stereocenters. The van der Waals surface area contributed by atoms with E-state index in [1.165, 1.54) is 0 Å². The highest BCUT2D eigenvalue weighted by Gasteiger charge is 2.33. The molecule has 1 atom stereocenters. The van der Waals surface area contributed by atoms with E-state index in [4.69, 9.17) is 6.42 Å². The minimum atomic E-state index is -2.72. The van der Waals surface area contributed by atoms with Crippen molar-refractivity contribution in [2.24, 2.45) is 0 Å². The Morgan fingerprint density at radius 3 is 2.55 bits per heavy atom. The molecule has 3 nitrogen and oxygen atoms in total. The second-order valence-electron chi connectivity index (χ2n) is 2.83. The van der Waals surface area contributed by atoms with Crippen molar-refractivity contribution < 1.29 is 8.42 Å². The summed E-state index contributed by atoms with van der Waals surface area (Å²) in [5, 5.41) is 3.01. The molecule has 0 aromatic rings. The number of terminal acetylenes is 1. The van der Waals surface area contributed by atoms with E-state index < -0.39 is 9.84 Å². The number of rotatable bonds is 2. The van der Waals surface area contributed by atoms with Gasteiger partial charge in [-0.1, -0.05) is 5.92 Å². The summed E-state index contributed by atoms with van der Waals surface area (Å²) < 4.78 is 21.4. The van der Waals surface area contributed by atoms with Crippen LogP contribution >= 0.6 is 0 Å². The van der Waals surface area contributed by atoms with Gasteiger partial charge in [-0.2, -0.15) is 0 Å². The van der Waals surface area contributed by atoms with Crippen LogP contribution in [0.2, 0.25) is 0 Å². The molecule has 0 radical (unpaired) electrons. The number of hydrogen-bond acceptors (Lipinski definition) is 3. The predicted octanol–water partition coefficient (Wildman–Crippen LogP) is -0.605. The molecule has 1 aliphatic rings. The molecule has 1 saturated heterocycles. The van der Waals surface area contributed by atoms with Crippen LogP contribution in [0.4, 0.5) is 0 Å². The number of nitrogens with one attached hydrogen (secondary N) is 1. The second-order valence-corrected chi connectivity index (χ2v) is 4.98. The van der Waals surface area contributed by atoms with Gasteiger partial charge in [-0.05, 0) is 6.92 Å². The largest absolute Gasteiger partial charge is 0.299 e. The van der Waals surface area contributed by atoms with Gasteiger partial charge < -0.3 is 0 Å². The third kappa shape index (κ3) is 2.21. The van der Waals surface area contributed by atoms with Gasteiger partial charge in [0.25, 0.3) is 0 Å². The van der Waals surface area contributed by atoms with Gasteiger partial charge in [-0.3, -0.25) is 5.32 Å². The highest BCUT2D eigenvalue weighted by Crippen LogP contribution is 2.10. The summed E-state index contributed by atoms with van der Waals surface area (Å²) in [6.45, 7) is 1.84. The predicted molar refractivity (Wildman–Crippen MR) is 43.9 cm³/mol. The van der Waals surface area contributed by atoms with E-state index >= 15 is 0 Å². The molecule has 1 N–H and O–H groups in total. The molecule has 1 heterocycles. The van der Waals surface area contributed by atoms with E-state index in [1.54, 1.807) is 0 Å². The fraction of sp³-hybridized carbons (Fsp3) is 0.714. The van der Waals surface area contributed by atoms with Crippen LogP contribution in [-0.2, 0) is 9.84 Å².